The number of halogens is 3. The number of nitrogens with one attached hydrogen (secondary N) is 1. The Labute approximate surface area is 186 Å². The molecule has 0 radical (unpaired) electrons. The van der Waals surface area contributed by atoms with Crippen LogP contribution in [0.5, 0.6) is 11.5 Å². The van der Waals surface area contributed by atoms with Crippen LogP contribution in [0.15, 0.2) is 60.7 Å². The third-order valence-corrected chi connectivity index (χ3v) is 5.32. The van der Waals surface area contributed by atoms with Crippen molar-refractivity contribution in [1.29, 1.82) is 0 Å². The molecule has 0 aliphatic rings. The lowest BCUT2D eigenvalue weighted by Gasteiger charge is -2.14. The van der Waals surface area contributed by atoms with E-state index in [0.29, 0.717) is 34.7 Å². The molecule has 0 amide bonds. The first-order valence-corrected chi connectivity index (χ1v) is 10.4. The molecule has 0 unspecified atom stereocenters. The van der Waals surface area contributed by atoms with Crippen LogP contribution in [-0.4, -0.2) is 13.7 Å². The smallest absolute Gasteiger partial charge is 0.163 e. The quantitative estimate of drug-likeness (QED) is 0.374. The fraction of sp³-hybridized carbons (Fsp3) is 0.217. The van der Waals surface area contributed by atoms with Crippen molar-refractivity contribution in [3.8, 4) is 11.5 Å². The molecular weight excluding hydrogens is 429 g/mol. The van der Waals surface area contributed by atoms with Gasteiger partial charge in [-0.15, -0.1) is 0 Å². The topological polar surface area (TPSA) is 30.5 Å². The molecule has 0 bridgehead atoms. The molecule has 0 fully saturated rings. The molecule has 29 heavy (non-hydrogen) atoms. The Balaban J connectivity index is 1.57. The molecule has 152 valence electrons. The minimum Gasteiger partial charge on any atom is -0.493 e. The zero-order valence-corrected chi connectivity index (χ0v) is 18.3. The van der Waals surface area contributed by atoms with Crippen LogP contribution >= 0.6 is 34.8 Å². The van der Waals surface area contributed by atoms with Gasteiger partial charge in [-0.05, 0) is 60.0 Å². The fourth-order valence-electron chi connectivity index (χ4n) is 2.83. The van der Waals surface area contributed by atoms with E-state index in [1.165, 1.54) is 5.56 Å². The maximum atomic E-state index is 6.47. The van der Waals surface area contributed by atoms with E-state index in [4.69, 9.17) is 44.3 Å². The lowest BCUT2D eigenvalue weighted by atomic mass is 10.1. The molecule has 6 heteroatoms. The predicted molar refractivity (Wildman–Crippen MR) is 121 cm³/mol. The van der Waals surface area contributed by atoms with E-state index in [9.17, 15) is 0 Å². The molecule has 0 spiro atoms. The number of benzene rings is 3. The molecule has 0 aromatic heterocycles. The van der Waals surface area contributed by atoms with Gasteiger partial charge in [-0.1, -0.05) is 59.1 Å². The highest BCUT2D eigenvalue weighted by atomic mass is 35.5. The molecule has 3 nitrogen and oxygen atoms in total. The van der Waals surface area contributed by atoms with Gasteiger partial charge in [-0.3, -0.25) is 0 Å². The van der Waals surface area contributed by atoms with Gasteiger partial charge < -0.3 is 14.8 Å². The van der Waals surface area contributed by atoms with E-state index in [2.05, 4.69) is 5.32 Å². The first-order valence-electron chi connectivity index (χ1n) is 9.24. The fourth-order valence-corrected chi connectivity index (χ4v) is 3.31. The lowest BCUT2D eigenvalue weighted by molar-refractivity contribution is 0.284. The molecule has 3 rings (SSSR count). The Morgan fingerprint density at radius 3 is 2.03 bits per heavy atom. The summed E-state index contributed by atoms with van der Waals surface area (Å²) in [5, 5.41) is 5.49. The minimum atomic E-state index is 0.405. The molecule has 0 heterocycles. The standard InChI is InChI=1S/C23H22Cl3NO2/c1-28-22-12-18(14-27-11-10-16-2-6-19(24)7-3-16)21(26)13-23(22)29-15-17-4-8-20(25)9-5-17/h2-9,12-13,27H,10-11,14-15H2,1H3. The van der Waals surface area contributed by atoms with Crippen LogP contribution in [0.2, 0.25) is 15.1 Å². The van der Waals surface area contributed by atoms with Gasteiger partial charge in [0.1, 0.15) is 6.61 Å². The third-order valence-electron chi connectivity index (χ3n) is 4.46. The van der Waals surface area contributed by atoms with E-state index >= 15 is 0 Å². The Morgan fingerprint density at radius 2 is 1.41 bits per heavy atom. The highest BCUT2D eigenvalue weighted by Gasteiger charge is 2.11. The third kappa shape index (κ3) is 6.55. The van der Waals surface area contributed by atoms with Gasteiger partial charge in [-0.2, -0.15) is 0 Å². The number of ether oxygens (including phenoxy) is 2. The van der Waals surface area contributed by atoms with Gasteiger partial charge in [0.05, 0.1) is 7.11 Å². The first kappa shape index (κ1) is 21.8. The van der Waals surface area contributed by atoms with Crippen molar-refractivity contribution in [2.45, 2.75) is 19.6 Å². The van der Waals surface area contributed by atoms with E-state index in [1.54, 1.807) is 13.2 Å². The summed E-state index contributed by atoms with van der Waals surface area (Å²) in [5.74, 6) is 1.26. The Morgan fingerprint density at radius 1 is 0.793 bits per heavy atom. The molecule has 0 aliphatic heterocycles. The van der Waals surface area contributed by atoms with Gasteiger partial charge in [-0.25, -0.2) is 0 Å². The molecule has 3 aromatic rings. The maximum Gasteiger partial charge on any atom is 0.163 e. The number of rotatable bonds is 9. The first-order chi connectivity index (χ1) is 14.0. The molecule has 0 saturated carbocycles. The largest absolute Gasteiger partial charge is 0.493 e. The maximum absolute atomic E-state index is 6.47. The molecule has 0 saturated heterocycles. The molecule has 0 aliphatic carbocycles. The van der Waals surface area contributed by atoms with Gasteiger partial charge in [0.15, 0.2) is 11.5 Å². The minimum absolute atomic E-state index is 0.405. The van der Waals surface area contributed by atoms with Crippen molar-refractivity contribution < 1.29 is 9.47 Å². The van der Waals surface area contributed by atoms with Crippen molar-refractivity contribution >= 4 is 34.8 Å². The van der Waals surface area contributed by atoms with E-state index < -0.39 is 0 Å². The van der Waals surface area contributed by atoms with Crippen LogP contribution in [0, 0.1) is 0 Å². The summed E-state index contributed by atoms with van der Waals surface area (Å²) in [4.78, 5) is 0. The van der Waals surface area contributed by atoms with Crippen molar-refractivity contribution in [2.24, 2.45) is 0 Å². The summed E-state index contributed by atoms with van der Waals surface area (Å²) < 4.78 is 11.4. The summed E-state index contributed by atoms with van der Waals surface area (Å²) in [6, 6.07) is 19.1. The van der Waals surface area contributed by atoms with Gasteiger partial charge in [0, 0.05) is 27.7 Å². The number of hydrogen-bond donors (Lipinski definition) is 1. The Kier molecular flexibility index (Phi) is 8.08. The number of hydrogen-bond acceptors (Lipinski definition) is 3. The van der Waals surface area contributed by atoms with Gasteiger partial charge in [0.25, 0.3) is 0 Å². The summed E-state index contributed by atoms with van der Waals surface area (Å²) in [7, 11) is 1.62. The van der Waals surface area contributed by atoms with E-state index in [0.717, 1.165) is 29.1 Å². The zero-order chi connectivity index (χ0) is 20.6. The van der Waals surface area contributed by atoms with E-state index in [1.807, 2.05) is 54.6 Å². The summed E-state index contributed by atoms with van der Waals surface area (Å²) >= 11 is 18.3. The van der Waals surface area contributed by atoms with E-state index in [-0.39, 0.29) is 0 Å². The number of methoxy groups -OCH3 is 1. The van der Waals surface area contributed by atoms with Crippen LogP contribution in [-0.2, 0) is 19.6 Å². The second kappa shape index (κ2) is 10.7. The zero-order valence-electron chi connectivity index (χ0n) is 16.1. The van der Waals surface area contributed by atoms with Crippen LogP contribution < -0.4 is 14.8 Å². The monoisotopic (exact) mass is 449 g/mol. The molecule has 3 aromatic carbocycles. The van der Waals surface area contributed by atoms with Crippen molar-refractivity contribution in [1.82, 2.24) is 5.32 Å². The molecular formula is C23H22Cl3NO2. The van der Waals surface area contributed by atoms with Crippen LogP contribution in [0.4, 0.5) is 0 Å². The summed E-state index contributed by atoms with van der Waals surface area (Å²) in [6.45, 7) is 1.87. The SMILES string of the molecule is COc1cc(CNCCc2ccc(Cl)cc2)c(Cl)cc1OCc1ccc(Cl)cc1. The highest BCUT2D eigenvalue weighted by molar-refractivity contribution is 6.31. The van der Waals surface area contributed by atoms with Crippen LogP contribution in [0.3, 0.4) is 0 Å². The second-order valence-electron chi connectivity index (χ2n) is 6.56. The van der Waals surface area contributed by atoms with Gasteiger partial charge in [0.2, 0.25) is 0 Å². The Bertz CT molecular complexity index is 928. The lowest BCUT2D eigenvalue weighted by Crippen LogP contribution is -2.17. The van der Waals surface area contributed by atoms with Crippen molar-refractivity contribution in [3.05, 3.63) is 92.4 Å². The van der Waals surface area contributed by atoms with Crippen LogP contribution in [0.1, 0.15) is 16.7 Å². The average Bonchev–Trinajstić information content (AvgIpc) is 2.73. The van der Waals surface area contributed by atoms with Crippen molar-refractivity contribution in [3.63, 3.8) is 0 Å². The highest BCUT2D eigenvalue weighted by Crippen LogP contribution is 2.34. The normalized spacial score (nSPS) is 10.8. The second-order valence-corrected chi connectivity index (χ2v) is 7.84. The Hall–Kier alpha value is -1.91. The summed E-state index contributed by atoms with van der Waals surface area (Å²) in [6.07, 6.45) is 0.911. The van der Waals surface area contributed by atoms with Gasteiger partial charge >= 0.3 is 0 Å². The predicted octanol–water partition coefficient (Wildman–Crippen LogP) is 6.57. The van der Waals surface area contributed by atoms with Crippen molar-refractivity contribution in [2.75, 3.05) is 13.7 Å². The summed E-state index contributed by atoms with van der Waals surface area (Å²) in [5.41, 5.74) is 3.20. The van der Waals surface area contributed by atoms with Crippen LogP contribution in [0.25, 0.3) is 0 Å². The molecule has 0 atom stereocenters. The average molecular weight is 451 g/mol. The molecule has 1 N–H and O–H groups in total.